The average Bonchev–Trinajstić information content (AvgIpc) is 2.89. The smallest absolute Gasteiger partial charge is 0.244 e. The van der Waals surface area contributed by atoms with Gasteiger partial charge in [0.2, 0.25) is 0 Å². The monoisotopic (exact) mass is 277 g/mol. The second-order valence-electron chi connectivity index (χ2n) is 4.48. The summed E-state index contributed by atoms with van der Waals surface area (Å²) in [6.07, 6.45) is 0. The van der Waals surface area contributed by atoms with Gasteiger partial charge >= 0.3 is 5.69 Å². The molecule has 6 nitrogen and oxygen atoms in total. The van der Waals surface area contributed by atoms with E-state index in [-0.39, 0.29) is 12.2 Å². The van der Waals surface area contributed by atoms with Crippen molar-refractivity contribution in [2.45, 2.75) is 6.54 Å². The Bertz CT molecular complexity index is 858. The molecule has 0 radical (unpaired) electrons. The van der Waals surface area contributed by atoms with Crippen LogP contribution >= 0.6 is 0 Å². The fourth-order valence-electron chi connectivity index (χ4n) is 2.02. The SMILES string of the molecule is N#Cc1cccc(Cn2nnn(-c3ccccc3)c2=O)c1. The van der Waals surface area contributed by atoms with Gasteiger partial charge in [-0.2, -0.15) is 14.6 Å². The summed E-state index contributed by atoms with van der Waals surface area (Å²) in [5.41, 5.74) is 1.73. The number of nitriles is 1. The van der Waals surface area contributed by atoms with Crippen molar-refractivity contribution in [1.82, 2.24) is 19.8 Å². The zero-order valence-electron chi connectivity index (χ0n) is 11.0. The molecule has 0 saturated carbocycles. The van der Waals surface area contributed by atoms with E-state index in [9.17, 15) is 4.79 Å². The maximum absolute atomic E-state index is 12.3. The van der Waals surface area contributed by atoms with Crippen molar-refractivity contribution >= 4 is 0 Å². The van der Waals surface area contributed by atoms with Crippen LogP contribution in [0.25, 0.3) is 5.69 Å². The zero-order chi connectivity index (χ0) is 14.7. The third-order valence-corrected chi connectivity index (χ3v) is 3.03. The number of aromatic nitrogens is 4. The number of nitrogens with zero attached hydrogens (tertiary/aromatic N) is 5. The topological polar surface area (TPSA) is 76.5 Å². The Labute approximate surface area is 120 Å². The maximum atomic E-state index is 12.3. The lowest BCUT2D eigenvalue weighted by molar-refractivity contribution is 0.632. The molecule has 1 aromatic heterocycles. The molecular formula is C15H11N5O. The van der Waals surface area contributed by atoms with Crippen molar-refractivity contribution in [3.05, 3.63) is 76.2 Å². The summed E-state index contributed by atoms with van der Waals surface area (Å²) in [5, 5.41) is 16.6. The van der Waals surface area contributed by atoms with Gasteiger partial charge in [-0.25, -0.2) is 4.79 Å². The van der Waals surface area contributed by atoms with Crippen LogP contribution in [0.1, 0.15) is 11.1 Å². The van der Waals surface area contributed by atoms with Gasteiger partial charge in [0.15, 0.2) is 0 Å². The lowest BCUT2D eigenvalue weighted by Gasteiger charge is -2.00. The molecule has 0 bridgehead atoms. The van der Waals surface area contributed by atoms with Gasteiger partial charge in [0, 0.05) is 0 Å². The molecule has 0 fully saturated rings. The molecule has 0 aliphatic heterocycles. The first-order chi connectivity index (χ1) is 10.3. The molecule has 0 atom stereocenters. The maximum Gasteiger partial charge on any atom is 0.368 e. The summed E-state index contributed by atoms with van der Waals surface area (Å²) < 4.78 is 2.51. The number of para-hydroxylation sites is 1. The number of tetrazole rings is 1. The van der Waals surface area contributed by atoms with Gasteiger partial charge in [0.25, 0.3) is 0 Å². The van der Waals surface area contributed by atoms with Crippen molar-refractivity contribution in [2.75, 3.05) is 0 Å². The van der Waals surface area contributed by atoms with E-state index in [1.807, 2.05) is 24.3 Å². The fourth-order valence-corrected chi connectivity index (χ4v) is 2.02. The van der Waals surface area contributed by atoms with Gasteiger partial charge in [-0.1, -0.05) is 30.3 Å². The van der Waals surface area contributed by atoms with Crippen molar-refractivity contribution < 1.29 is 0 Å². The molecule has 102 valence electrons. The number of rotatable bonds is 3. The van der Waals surface area contributed by atoms with Gasteiger partial charge < -0.3 is 0 Å². The van der Waals surface area contributed by atoms with Crippen LogP contribution in [0.2, 0.25) is 0 Å². The fraction of sp³-hybridized carbons (Fsp3) is 0.0667. The van der Waals surface area contributed by atoms with Crippen molar-refractivity contribution in [1.29, 1.82) is 5.26 Å². The normalized spacial score (nSPS) is 10.2. The Kier molecular flexibility index (Phi) is 3.31. The number of hydrogen-bond acceptors (Lipinski definition) is 4. The van der Waals surface area contributed by atoms with E-state index in [1.54, 1.807) is 30.3 Å². The van der Waals surface area contributed by atoms with Crippen LogP contribution in [0.3, 0.4) is 0 Å². The minimum Gasteiger partial charge on any atom is -0.244 e. The minimum absolute atomic E-state index is 0.279. The Balaban J connectivity index is 1.93. The van der Waals surface area contributed by atoms with Gasteiger partial charge in [-0.05, 0) is 40.3 Å². The summed E-state index contributed by atoms with van der Waals surface area (Å²) in [5.74, 6) is 0. The molecule has 0 N–H and O–H groups in total. The molecule has 0 saturated heterocycles. The molecule has 0 aliphatic rings. The summed E-state index contributed by atoms with van der Waals surface area (Å²) >= 11 is 0. The quantitative estimate of drug-likeness (QED) is 0.724. The highest BCUT2D eigenvalue weighted by atomic mass is 16.2. The summed E-state index contributed by atoms with van der Waals surface area (Å²) in [6, 6.07) is 18.2. The Morgan fingerprint density at radius 3 is 2.62 bits per heavy atom. The lowest BCUT2D eigenvalue weighted by atomic mass is 10.1. The Hall–Kier alpha value is -3.20. The van der Waals surface area contributed by atoms with Crippen molar-refractivity contribution in [2.24, 2.45) is 0 Å². The highest BCUT2D eigenvalue weighted by Crippen LogP contribution is 2.05. The molecule has 3 rings (SSSR count). The summed E-state index contributed by atoms with van der Waals surface area (Å²) in [6.45, 7) is 0.279. The first kappa shape index (κ1) is 12.8. The van der Waals surface area contributed by atoms with Gasteiger partial charge in [0.05, 0.1) is 23.9 Å². The third kappa shape index (κ3) is 2.58. The zero-order valence-corrected chi connectivity index (χ0v) is 11.0. The van der Waals surface area contributed by atoms with E-state index >= 15 is 0 Å². The predicted molar refractivity (Wildman–Crippen MR) is 75.9 cm³/mol. The van der Waals surface area contributed by atoms with Gasteiger partial charge in [-0.3, -0.25) is 0 Å². The van der Waals surface area contributed by atoms with E-state index in [0.29, 0.717) is 11.3 Å². The van der Waals surface area contributed by atoms with Crippen molar-refractivity contribution in [3.63, 3.8) is 0 Å². The molecule has 0 amide bonds. The highest BCUT2D eigenvalue weighted by molar-refractivity contribution is 5.33. The molecular weight excluding hydrogens is 266 g/mol. The molecule has 6 heteroatoms. The van der Waals surface area contributed by atoms with Crippen LogP contribution < -0.4 is 5.69 Å². The van der Waals surface area contributed by atoms with E-state index in [2.05, 4.69) is 16.5 Å². The van der Waals surface area contributed by atoms with E-state index in [1.165, 1.54) is 9.36 Å². The van der Waals surface area contributed by atoms with Gasteiger partial charge in [0.1, 0.15) is 0 Å². The van der Waals surface area contributed by atoms with Crippen molar-refractivity contribution in [3.8, 4) is 11.8 Å². The Morgan fingerprint density at radius 2 is 1.86 bits per heavy atom. The van der Waals surface area contributed by atoms with E-state index in [0.717, 1.165) is 5.56 Å². The minimum atomic E-state index is -0.316. The molecule has 21 heavy (non-hydrogen) atoms. The van der Waals surface area contributed by atoms with E-state index < -0.39 is 0 Å². The van der Waals surface area contributed by atoms with Crippen LogP contribution in [0.4, 0.5) is 0 Å². The van der Waals surface area contributed by atoms with Crippen LogP contribution in [-0.4, -0.2) is 19.8 Å². The van der Waals surface area contributed by atoms with Crippen LogP contribution in [0.5, 0.6) is 0 Å². The first-order valence-corrected chi connectivity index (χ1v) is 6.35. The summed E-state index contributed by atoms with van der Waals surface area (Å²) in [7, 11) is 0. The molecule has 0 unspecified atom stereocenters. The second kappa shape index (κ2) is 5.43. The predicted octanol–water partition coefficient (Wildman–Crippen LogP) is 1.35. The largest absolute Gasteiger partial charge is 0.368 e. The Morgan fingerprint density at radius 1 is 1.05 bits per heavy atom. The van der Waals surface area contributed by atoms with Gasteiger partial charge in [-0.15, -0.1) is 0 Å². The average molecular weight is 277 g/mol. The standard InChI is InChI=1S/C15H11N5O/c16-10-12-5-4-6-13(9-12)11-19-15(21)20(18-17-19)14-7-2-1-3-8-14/h1-9H,11H2. The number of hydrogen-bond donors (Lipinski definition) is 0. The van der Waals surface area contributed by atoms with Crippen LogP contribution in [-0.2, 0) is 6.54 Å². The third-order valence-electron chi connectivity index (χ3n) is 3.03. The van der Waals surface area contributed by atoms with E-state index in [4.69, 9.17) is 5.26 Å². The molecule has 1 heterocycles. The highest BCUT2D eigenvalue weighted by Gasteiger charge is 2.09. The molecule has 2 aromatic carbocycles. The lowest BCUT2D eigenvalue weighted by Crippen LogP contribution is -2.24. The number of benzene rings is 2. The summed E-state index contributed by atoms with van der Waals surface area (Å²) in [4.78, 5) is 12.3. The van der Waals surface area contributed by atoms with Crippen LogP contribution in [0, 0.1) is 11.3 Å². The molecule has 3 aromatic rings. The second-order valence-corrected chi connectivity index (χ2v) is 4.48. The molecule has 0 spiro atoms. The first-order valence-electron chi connectivity index (χ1n) is 6.35. The molecule has 0 aliphatic carbocycles. The van der Waals surface area contributed by atoms with Crippen LogP contribution in [0.15, 0.2) is 59.4 Å².